The predicted octanol–water partition coefficient (Wildman–Crippen LogP) is 1.04. The number of carbonyl (C=O) groups excluding carboxylic acids is 1. The largest absolute Gasteiger partial charge is 0.463 e. The van der Waals surface area contributed by atoms with Crippen LogP contribution in [0.5, 0.6) is 0 Å². The number of nitrogens with zero attached hydrogens (tertiary/aromatic N) is 1. The highest BCUT2D eigenvalue weighted by atomic mass is 16.5. The second-order valence-electron chi connectivity index (χ2n) is 4.56. The van der Waals surface area contributed by atoms with E-state index in [2.05, 4.69) is 17.3 Å². The Morgan fingerprint density at radius 1 is 1.47 bits per heavy atom. The monoisotopic (exact) mass is 240 g/mol. The molecule has 0 atom stereocenters. The Hall–Kier alpha value is -0.870. The molecule has 0 aromatic carbocycles. The highest BCUT2D eigenvalue weighted by molar-refractivity contribution is 5.81. The highest BCUT2D eigenvalue weighted by Crippen LogP contribution is 2.14. The summed E-state index contributed by atoms with van der Waals surface area (Å²) < 4.78 is 4.79. The van der Waals surface area contributed by atoms with Crippen LogP contribution in [0.25, 0.3) is 0 Å². The van der Waals surface area contributed by atoms with Crippen LogP contribution in [-0.4, -0.2) is 50.7 Å². The van der Waals surface area contributed by atoms with Gasteiger partial charge in [0.15, 0.2) is 0 Å². The molecule has 4 nitrogen and oxygen atoms in total. The van der Waals surface area contributed by atoms with Gasteiger partial charge in [0, 0.05) is 12.6 Å². The number of hydrogen-bond acceptors (Lipinski definition) is 4. The third-order valence-electron chi connectivity index (χ3n) is 3.07. The molecule has 0 aliphatic carbocycles. The van der Waals surface area contributed by atoms with E-state index in [1.165, 1.54) is 32.0 Å². The quantitative estimate of drug-likeness (QED) is 0.428. The molecule has 1 heterocycles. The van der Waals surface area contributed by atoms with Crippen LogP contribution in [0, 0.1) is 5.92 Å². The summed E-state index contributed by atoms with van der Waals surface area (Å²) in [5, 5.41) is 3.35. The van der Waals surface area contributed by atoms with E-state index in [4.69, 9.17) is 4.74 Å². The van der Waals surface area contributed by atoms with E-state index in [9.17, 15) is 4.79 Å². The van der Waals surface area contributed by atoms with Gasteiger partial charge < -0.3 is 15.0 Å². The predicted molar refractivity (Wildman–Crippen MR) is 68.9 cm³/mol. The lowest BCUT2D eigenvalue weighted by molar-refractivity contribution is -0.137. The molecule has 1 rings (SSSR count). The second-order valence-corrected chi connectivity index (χ2v) is 4.56. The molecule has 0 aromatic heterocycles. The van der Waals surface area contributed by atoms with Crippen molar-refractivity contribution in [2.75, 3.05) is 39.8 Å². The zero-order valence-electron chi connectivity index (χ0n) is 10.9. The molecule has 0 aromatic rings. The van der Waals surface area contributed by atoms with Crippen molar-refractivity contribution in [1.29, 1.82) is 0 Å². The summed E-state index contributed by atoms with van der Waals surface area (Å²) in [5.74, 6) is 0.524. The Kier molecular flexibility index (Phi) is 6.89. The van der Waals surface area contributed by atoms with E-state index in [0.29, 0.717) is 6.61 Å². The summed E-state index contributed by atoms with van der Waals surface area (Å²) in [6.45, 7) is 6.43. The van der Waals surface area contributed by atoms with E-state index in [1.807, 2.05) is 13.0 Å². The number of hydrogen-bond donors (Lipinski definition) is 1. The molecule has 4 heteroatoms. The summed E-state index contributed by atoms with van der Waals surface area (Å²) in [5.41, 5.74) is 0. The summed E-state index contributed by atoms with van der Waals surface area (Å²) in [6.07, 6.45) is 5.86. The van der Waals surface area contributed by atoms with Crippen LogP contribution in [0.3, 0.4) is 0 Å². The van der Waals surface area contributed by atoms with Crippen molar-refractivity contribution in [3.8, 4) is 0 Å². The second kappa shape index (κ2) is 8.25. The minimum atomic E-state index is -0.256. The summed E-state index contributed by atoms with van der Waals surface area (Å²) in [6, 6.07) is 0. The molecule has 98 valence electrons. The fourth-order valence-corrected chi connectivity index (χ4v) is 1.98. The molecule has 17 heavy (non-hydrogen) atoms. The van der Waals surface area contributed by atoms with Crippen LogP contribution >= 0.6 is 0 Å². The Morgan fingerprint density at radius 3 is 2.82 bits per heavy atom. The Balaban J connectivity index is 2.02. The normalized spacial score (nSPS) is 18.7. The van der Waals surface area contributed by atoms with Gasteiger partial charge in [0.2, 0.25) is 0 Å². The van der Waals surface area contributed by atoms with E-state index in [1.54, 1.807) is 0 Å². The summed E-state index contributed by atoms with van der Waals surface area (Å²) >= 11 is 0. The van der Waals surface area contributed by atoms with Gasteiger partial charge in [0.1, 0.15) is 0 Å². The Labute approximate surface area is 104 Å². The van der Waals surface area contributed by atoms with Gasteiger partial charge in [-0.05, 0) is 52.4 Å². The molecule has 1 N–H and O–H groups in total. The number of rotatable bonds is 6. The first-order valence-electron chi connectivity index (χ1n) is 6.45. The van der Waals surface area contributed by atoms with E-state index in [-0.39, 0.29) is 5.97 Å². The van der Waals surface area contributed by atoms with Crippen molar-refractivity contribution in [2.24, 2.45) is 5.92 Å². The zero-order valence-corrected chi connectivity index (χ0v) is 10.9. The first kappa shape index (κ1) is 14.2. The Morgan fingerprint density at radius 2 is 2.18 bits per heavy atom. The van der Waals surface area contributed by atoms with Crippen LogP contribution in [0.4, 0.5) is 0 Å². The summed E-state index contributed by atoms with van der Waals surface area (Å²) in [7, 11) is 2.17. The van der Waals surface area contributed by atoms with Crippen molar-refractivity contribution in [1.82, 2.24) is 10.2 Å². The Bertz CT molecular complexity index is 246. The molecule has 1 aliphatic heterocycles. The number of esters is 1. The third-order valence-corrected chi connectivity index (χ3v) is 3.07. The molecular formula is C13H24N2O2. The van der Waals surface area contributed by atoms with E-state index in [0.717, 1.165) is 19.0 Å². The molecular weight excluding hydrogens is 216 g/mol. The van der Waals surface area contributed by atoms with Gasteiger partial charge >= 0.3 is 5.97 Å². The van der Waals surface area contributed by atoms with Gasteiger partial charge in [-0.1, -0.05) is 6.08 Å². The van der Waals surface area contributed by atoms with Crippen molar-refractivity contribution in [3.63, 3.8) is 0 Å². The molecule has 1 saturated heterocycles. The molecule has 0 unspecified atom stereocenters. The van der Waals surface area contributed by atoms with E-state index < -0.39 is 0 Å². The smallest absolute Gasteiger partial charge is 0.330 e. The van der Waals surface area contributed by atoms with Gasteiger partial charge in [-0.25, -0.2) is 4.79 Å². The maximum atomic E-state index is 11.0. The topological polar surface area (TPSA) is 41.6 Å². The lowest BCUT2D eigenvalue weighted by atomic mass is 9.97. The minimum absolute atomic E-state index is 0.256. The molecule has 1 aliphatic rings. The summed E-state index contributed by atoms with van der Waals surface area (Å²) in [4.78, 5) is 13.4. The number of ether oxygens (including phenoxy) is 1. The number of nitrogens with one attached hydrogen (secondary N) is 1. The lowest BCUT2D eigenvalue weighted by Crippen LogP contribution is -2.35. The van der Waals surface area contributed by atoms with Crippen LogP contribution in [0.1, 0.15) is 19.8 Å². The lowest BCUT2D eigenvalue weighted by Gasteiger charge is -2.28. The average molecular weight is 240 g/mol. The first-order chi connectivity index (χ1) is 8.22. The van der Waals surface area contributed by atoms with Crippen LogP contribution in [-0.2, 0) is 9.53 Å². The van der Waals surface area contributed by atoms with E-state index >= 15 is 0 Å². The van der Waals surface area contributed by atoms with Gasteiger partial charge in [-0.2, -0.15) is 0 Å². The zero-order chi connectivity index (χ0) is 12.5. The number of piperidine rings is 1. The van der Waals surface area contributed by atoms with Crippen molar-refractivity contribution < 1.29 is 9.53 Å². The third kappa shape index (κ3) is 6.44. The SMILES string of the molecule is CCOC(=O)/C=C/CNCC1CCN(C)CC1. The van der Waals surface area contributed by atoms with Gasteiger partial charge in [0.05, 0.1) is 6.61 Å². The standard InChI is InChI=1S/C13H24N2O2/c1-3-17-13(16)5-4-8-14-11-12-6-9-15(2)10-7-12/h4-5,12,14H,3,6-11H2,1-2H3/b5-4+. The molecule has 0 amide bonds. The first-order valence-corrected chi connectivity index (χ1v) is 6.45. The molecule has 0 saturated carbocycles. The van der Waals surface area contributed by atoms with Crippen LogP contribution in [0.15, 0.2) is 12.2 Å². The van der Waals surface area contributed by atoms with Gasteiger partial charge in [-0.15, -0.1) is 0 Å². The van der Waals surface area contributed by atoms with Crippen molar-refractivity contribution >= 4 is 5.97 Å². The van der Waals surface area contributed by atoms with Crippen molar-refractivity contribution in [3.05, 3.63) is 12.2 Å². The molecule has 0 spiro atoms. The maximum Gasteiger partial charge on any atom is 0.330 e. The fraction of sp³-hybridized carbons (Fsp3) is 0.769. The molecule has 0 bridgehead atoms. The minimum Gasteiger partial charge on any atom is -0.463 e. The van der Waals surface area contributed by atoms with Gasteiger partial charge in [-0.3, -0.25) is 0 Å². The molecule has 0 radical (unpaired) electrons. The number of carbonyl (C=O) groups is 1. The maximum absolute atomic E-state index is 11.0. The van der Waals surface area contributed by atoms with Crippen LogP contribution < -0.4 is 5.32 Å². The number of likely N-dealkylation sites (tertiary alicyclic amines) is 1. The highest BCUT2D eigenvalue weighted by Gasteiger charge is 2.15. The van der Waals surface area contributed by atoms with Crippen LogP contribution in [0.2, 0.25) is 0 Å². The van der Waals surface area contributed by atoms with Gasteiger partial charge in [0.25, 0.3) is 0 Å². The fourth-order valence-electron chi connectivity index (χ4n) is 1.98. The molecule has 1 fully saturated rings. The average Bonchev–Trinajstić information content (AvgIpc) is 2.31. The van der Waals surface area contributed by atoms with Crippen molar-refractivity contribution in [2.45, 2.75) is 19.8 Å².